The number of nitrogens with zero attached hydrogens (tertiary/aromatic N) is 3. The number of rotatable bonds is 5. The van der Waals surface area contributed by atoms with Gasteiger partial charge in [-0.1, -0.05) is 13.8 Å². The standard InChI is InChI=1S/C15H18N4O2S/c1-10(2)15-13(11-3-4-11)7-12(8-17-15)22(20,21)19-14-5-6-16-9-18-14/h5-11H,3-4H2,1-2H3,(H,16,18,19). The van der Waals surface area contributed by atoms with Crippen molar-refractivity contribution in [3.05, 3.63) is 42.1 Å². The van der Waals surface area contributed by atoms with Gasteiger partial charge >= 0.3 is 0 Å². The average molecular weight is 318 g/mol. The molecule has 0 aromatic carbocycles. The van der Waals surface area contributed by atoms with Gasteiger partial charge < -0.3 is 0 Å². The lowest BCUT2D eigenvalue weighted by Crippen LogP contribution is -2.15. The lowest BCUT2D eigenvalue weighted by molar-refractivity contribution is 0.600. The van der Waals surface area contributed by atoms with Crippen molar-refractivity contribution in [1.82, 2.24) is 15.0 Å². The zero-order valence-corrected chi connectivity index (χ0v) is 13.3. The summed E-state index contributed by atoms with van der Waals surface area (Å²) in [5.41, 5.74) is 2.05. The first-order valence-electron chi connectivity index (χ1n) is 7.26. The monoisotopic (exact) mass is 318 g/mol. The fourth-order valence-corrected chi connectivity index (χ4v) is 3.36. The van der Waals surface area contributed by atoms with Gasteiger partial charge in [-0.15, -0.1) is 0 Å². The first kappa shape index (κ1) is 14.9. The van der Waals surface area contributed by atoms with Crippen LogP contribution >= 0.6 is 0 Å². The SMILES string of the molecule is CC(C)c1ncc(S(=O)(=O)Nc2ccncn2)cc1C1CC1. The summed E-state index contributed by atoms with van der Waals surface area (Å²) in [6.45, 7) is 4.14. The van der Waals surface area contributed by atoms with E-state index in [0.29, 0.717) is 5.92 Å². The van der Waals surface area contributed by atoms with Crippen LogP contribution in [0, 0.1) is 0 Å². The molecule has 0 atom stereocenters. The molecule has 0 spiro atoms. The molecule has 1 saturated carbocycles. The smallest absolute Gasteiger partial charge is 0.263 e. The third-order valence-electron chi connectivity index (χ3n) is 3.62. The maximum atomic E-state index is 12.5. The van der Waals surface area contributed by atoms with Crippen molar-refractivity contribution in [3.63, 3.8) is 0 Å². The number of pyridine rings is 1. The molecule has 0 radical (unpaired) electrons. The third kappa shape index (κ3) is 3.09. The molecule has 7 heteroatoms. The molecule has 0 amide bonds. The number of nitrogens with one attached hydrogen (secondary N) is 1. The first-order valence-corrected chi connectivity index (χ1v) is 8.74. The molecule has 0 bridgehead atoms. The first-order chi connectivity index (χ1) is 10.5. The van der Waals surface area contributed by atoms with Crippen LogP contribution < -0.4 is 4.72 Å². The molecule has 1 fully saturated rings. The molecule has 22 heavy (non-hydrogen) atoms. The van der Waals surface area contributed by atoms with Crippen LogP contribution in [-0.2, 0) is 10.0 Å². The summed E-state index contributed by atoms with van der Waals surface area (Å²) in [6, 6.07) is 3.26. The summed E-state index contributed by atoms with van der Waals surface area (Å²) < 4.78 is 27.4. The van der Waals surface area contributed by atoms with Crippen LogP contribution in [0.3, 0.4) is 0 Å². The molecular formula is C15H18N4O2S. The van der Waals surface area contributed by atoms with Crippen LogP contribution in [0.25, 0.3) is 0 Å². The Hall–Kier alpha value is -2.02. The van der Waals surface area contributed by atoms with Crippen LogP contribution in [0.2, 0.25) is 0 Å². The van der Waals surface area contributed by atoms with Crippen molar-refractivity contribution in [3.8, 4) is 0 Å². The van der Waals surface area contributed by atoms with Gasteiger partial charge in [-0.05, 0) is 42.4 Å². The topological polar surface area (TPSA) is 84.8 Å². The quantitative estimate of drug-likeness (QED) is 0.916. The highest BCUT2D eigenvalue weighted by Crippen LogP contribution is 2.43. The second kappa shape index (κ2) is 5.64. The number of hydrogen-bond donors (Lipinski definition) is 1. The van der Waals surface area contributed by atoms with Crippen LogP contribution in [0.5, 0.6) is 0 Å². The van der Waals surface area contributed by atoms with E-state index in [0.717, 1.165) is 24.1 Å². The second-order valence-electron chi connectivity index (χ2n) is 5.77. The number of sulfonamides is 1. The van der Waals surface area contributed by atoms with E-state index in [9.17, 15) is 8.42 Å². The molecule has 0 saturated heterocycles. The average Bonchev–Trinajstić information content (AvgIpc) is 3.31. The van der Waals surface area contributed by atoms with Crippen molar-refractivity contribution in [1.29, 1.82) is 0 Å². The van der Waals surface area contributed by atoms with Gasteiger partial charge in [0.25, 0.3) is 10.0 Å². The predicted molar refractivity (Wildman–Crippen MR) is 83.1 cm³/mol. The lowest BCUT2D eigenvalue weighted by atomic mass is 10.0. The Bertz CT molecular complexity index is 771. The molecule has 2 aromatic heterocycles. The van der Waals surface area contributed by atoms with Crippen LogP contribution in [0.15, 0.2) is 35.7 Å². The molecule has 2 heterocycles. The highest BCUT2D eigenvalue weighted by Gasteiger charge is 2.29. The lowest BCUT2D eigenvalue weighted by Gasteiger charge is -2.13. The highest BCUT2D eigenvalue weighted by molar-refractivity contribution is 7.92. The van der Waals surface area contributed by atoms with Gasteiger partial charge in [-0.25, -0.2) is 18.4 Å². The Morgan fingerprint density at radius 1 is 1.27 bits per heavy atom. The molecule has 0 unspecified atom stereocenters. The van der Waals surface area contributed by atoms with Crippen molar-refractivity contribution >= 4 is 15.8 Å². The van der Waals surface area contributed by atoms with Gasteiger partial charge in [0.15, 0.2) is 0 Å². The third-order valence-corrected chi connectivity index (χ3v) is 4.94. The Labute approximate surface area is 130 Å². The Balaban J connectivity index is 1.95. The van der Waals surface area contributed by atoms with Crippen LogP contribution in [0.1, 0.15) is 49.8 Å². The Morgan fingerprint density at radius 3 is 2.64 bits per heavy atom. The normalized spacial score (nSPS) is 15.0. The molecule has 6 nitrogen and oxygen atoms in total. The number of hydrogen-bond acceptors (Lipinski definition) is 5. The molecule has 1 aliphatic carbocycles. The van der Waals surface area contributed by atoms with E-state index in [4.69, 9.17) is 0 Å². The largest absolute Gasteiger partial charge is 0.264 e. The number of aromatic nitrogens is 3. The van der Waals surface area contributed by atoms with E-state index in [2.05, 4.69) is 33.5 Å². The molecule has 116 valence electrons. The molecular weight excluding hydrogens is 300 g/mol. The zero-order valence-electron chi connectivity index (χ0n) is 12.5. The minimum Gasteiger partial charge on any atom is -0.263 e. The van der Waals surface area contributed by atoms with Crippen LogP contribution in [0.4, 0.5) is 5.82 Å². The van der Waals surface area contributed by atoms with Crippen LogP contribution in [-0.4, -0.2) is 23.4 Å². The van der Waals surface area contributed by atoms with Gasteiger partial charge in [-0.3, -0.25) is 9.71 Å². The molecule has 1 N–H and O–H groups in total. The van der Waals surface area contributed by atoms with E-state index in [1.54, 1.807) is 6.07 Å². The van der Waals surface area contributed by atoms with Crippen molar-refractivity contribution in [2.45, 2.75) is 43.4 Å². The van der Waals surface area contributed by atoms with E-state index < -0.39 is 10.0 Å². The van der Waals surface area contributed by atoms with E-state index in [1.807, 2.05) is 0 Å². The maximum absolute atomic E-state index is 12.5. The van der Waals surface area contributed by atoms with Crippen molar-refractivity contribution in [2.24, 2.45) is 0 Å². The van der Waals surface area contributed by atoms with Crippen molar-refractivity contribution < 1.29 is 8.42 Å². The number of anilines is 1. The highest BCUT2D eigenvalue weighted by atomic mass is 32.2. The summed E-state index contributed by atoms with van der Waals surface area (Å²) >= 11 is 0. The summed E-state index contributed by atoms with van der Waals surface area (Å²) in [5.74, 6) is 0.970. The fraction of sp³-hybridized carbons (Fsp3) is 0.400. The zero-order chi connectivity index (χ0) is 15.7. The molecule has 1 aliphatic rings. The Morgan fingerprint density at radius 2 is 2.05 bits per heavy atom. The van der Waals surface area contributed by atoms with Gasteiger partial charge in [0, 0.05) is 18.1 Å². The Kier molecular flexibility index (Phi) is 3.82. The van der Waals surface area contributed by atoms with E-state index in [-0.39, 0.29) is 16.6 Å². The predicted octanol–water partition coefficient (Wildman–Crippen LogP) is 2.67. The van der Waals surface area contributed by atoms with E-state index in [1.165, 1.54) is 24.8 Å². The summed E-state index contributed by atoms with van der Waals surface area (Å²) in [6.07, 6.45) is 6.41. The molecule has 0 aliphatic heterocycles. The fourth-order valence-electron chi connectivity index (χ4n) is 2.37. The van der Waals surface area contributed by atoms with Gasteiger partial charge in [0.05, 0.1) is 0 Å². The van der Waals surface area contributed by atoms with Gasteiger partial charge in [0.2, 0.25) is 0 Å². The molecule has 2 aromatic rings. The summed E-state index contributed by atoms with van der Waals surface area (Å²) in [4.78, 5) is 12.2. The summed E-state index contributed by atoms with van der Waals surface area (Å²) in [5, 5.41) is 0. The van der Waals surface area contributed by atoms with Gasteiger partial charge in [0.1, 0.15) is 17.0 Å². The minimum atomic E-state index is -3.69. The minimum absolute atomic E-state index is 0.178. The molecule has 3 rings (SSSR count). The maximum Gasteiger partial charge on any atom is 0.264 e. The van der Waals surface area contributed by atoms with Gasteiger partial charge in [-0.2, -0.15) is 0 Å². The van der Waals surface area contributed by atoms with E-state index >= 15 is 0 Å². The van der Waals surface area contributed by atoms with Crippen molar-refractivity contribution in [2.75, 3.05) is 4.72 Å². The summed E-state index contributed by atoms with van der Waals surface area (Å²) in [7, 11) is -3.69. The second-order valence-corrected chi connectivity index (χ2v) is 7.46.